The van der Waals surface area contributed by atoms with Gasteiger partial charge in [-0.3, -0.25) is 14.4 Å². The lowest BCUT2D eigenvalue weighted by Crippen LogP contribution is -2.43. The van der Waals surface area contributed by atoms with Crippen LogP contribution in [0.3, 0.4) is 0 Å². The molecule has 0 spiro atoms. The molecule has 1 N–H and O–H groups in total. The first-order valence-electron chi connectivity index (χ1n) is 10.3. The van der Waals surface area contributed by atoms with E-state index in [9.17, 15) is 14.4 Å². The minimum absolute atomic E-state index is 0.115. The van der Waals surface area contributed by atoms with Crippen LogP contribution in [0.25, 0.3) is 0 Å². The van der Waals surface area contributed by atoms with Crippen LogP contribution in [0.2, 0.25) is 0 Å². The van der Waals surface area contributed by atoms with Gasteiger partial charge in [0.25, 0.3) is 0 Å². The van der Waals surface area contributed by atoms with Crippen molar-refractivity contribution in [3.8, 4) is 0 Å². The number of carboxylic acid groups (broad SMARTS) is 1. The fourth-order valence-electron chi connectivity index (χ4n) is 4.47. The van der Waals surface area contributed by atoms with Gasteiger partial charge < -0.3 is 14.9 Å². The van der Waals surface area contributed by atoms with Crippen LogP contribution in [0.5, 0.6) is 0 Å². The number of hydrogen-bond acceptors (Lipinski definition) is 3. The van der Waals surface area contributed by atoms with Gasteiger partial charge in [0.1, 0.15) is 6.54 Å². The van der Waals surface area contributed by atoms with Crippen LogP contribution >= 0.6 is 0 Å². The molecular formula is C22H30N2O4. The minimum atomic E-state index is -1.00. The van der Waals surface area contributed by atoms with Crippen LogP contribution < -0.4 is 0 Å². The Labute approximate surface area is 166 Å². The molecule has 0 radical (unpaired) electrons. The van der Waals surface area contributed by atoms with Crippen LogP contribution in [-0.4, -0.2) is 58.4 Å². The number of nitrogens with zero attached hydrogens (tertiary/aromatic N) is 2. The third-order valence-corrected chi connectivity index (χ3v) is 5.97. The van der Waals surface area contributed by atoms with Gasteiger partial charge in [-0.2, -0.15) is 0 Å². The van der Waals surface area contributed by atoms with E-state index in [1.807, 2.05) is 4.90 Å². The summed E-state index contributed by atoms with van der Waals surface area (Å²) in [6.45, 7) is 2.37. The standard InChI is InChI=1S/C22H30N2O4/c1-16(25)24(15-22(27)28)20-7-4-11-23(12-10-20)21(26)14-17-8-9-18-5-2-3-6-19(18)13-17/h8-9,13,20H,2-7,10-12,14-15H2,1H3,(H,27,28). The molecule has 0 saturated carbocycles. The molecule has 152 valence electrons. The van der Waals surface area contributed by atoms with Gasteiger partial charge in [-0.25, -0.2) is 0 Å². The van der Waals surface area contributed by atoms with Crippen molar-refractivity contribution in [2.24, 2.45) is 0 Å². The number of hydrogen-bond donors (Lipinski definition) is 1. The second-order valence-corrected chi connectivity index (χ2v) is 7.99. The first-order chi connectivity index (χ1) is 13.4. The first-order valence-corrected chi connectivity index (χ1v) is 10.3. The van der Waals surface area contributed by atoms with E-state index in [1.165, 1.54) is 35.8 Å². The molecule has 1 atom stereocenters. The number of fused-ring (bicyclic) bond motifs is 1. The summed E-state index contributed by atoms with van der Waals surface area (Å²) in [6.07, 6.45) is 7.26. The summed E-state index contributed by atoms with van der Waals surface area (Å²) in [5.74, 6) is -1.11. The molecule has 1 aliphatic heterocycles. The number of rotatable bonds is 5. The number of aliphatic carboxylic acids is 1. The Hall–Kier alpha value is -2.37. The van der Waals surface area contributed by atoms with Crippen molar-refractivity contribution >= 4 is 17.8 Å². The molecular weight excluding hydrogens is 356 g/mol. The van der Waals surface area contributed by atoms with Gasteiger partial charge >= 0.3 is 5.97 Å². The highest BCUT2D eigenvalue weighted by molar-refractivity contribution is 5.80. The van der Waals surface area contributed by atoms with Crippen LogP contribution in [0.4, 0.5) is 0 Å². The van der Waals surface area contributed by atoms with E-state index < -0.39 is 5.97 Å². The molecule has 1 heterocycles. The fourth-order valence-corrected chi connectivity index (χ4v) is 4.47. The summed E-state index contributed by atoms with van der Waals surface area (Å²) >= 11 is 0. The molecule has 1 aromatic carbocycles. The van der Waals surface area contributed by atoms with Crippen molar-refractivity contribution < 1.29 is 19.5 Å². The van der Waals surface area contributed by atoms with Gasteiger partial charge in [0.05, 0.1) is 6.42 Å². The van der Waals surface area contributed by atoms with E-state index in [4.69, 9.17) is 5.11 Å². The van der Waals surface area contributed by atoms with E-state index in [-0.39, 0.29) is 24.4 Å². The van der Waals surface area contributed by atoms with Crippen molar-refractivity contribution in [3.63, 3.8) is 0 Å². The lowest BCUT2D eigenvalue weighted by Gasteiger charge is -2.29. The second-order valence-electron chi connectivity index (χ2n) is 7.99. The predicted molar refractivity (Wildman–Crippen MR) is 106 cm³/mol. The van der Waals surface area contributed by atoms with Crippen molar-refractivity contribution in [3.05, 3.63) is 34.9 Å². The van der Waals surface area contributed by atoms with Crippen LogP contribution in [-0.2, 0) is 33.6 Å². The van der Waals surface area contributed by atoms with Gasteiger partial charge in [0, 0.05) is 26.1 Å². The Kier molecular flexibility index (Phi) is 6.70. The molecule has 1 aliphatic carbocycles. The highest BCUT2D eigenvalue weighted by atomic mass is 16.4. The van der Waals surface area contributed by atoms with E-state index in [0.29, 0.717) is 25.9 Å². The lowest BCUT2D eigenvalue weighted by atomic mass is 9.90. The summed E-state index contributed by atoms with van der Waals surface area (Å²) < 4.78 is 0. The molecule has 3 rings (SSSR count). The zero-order chi connectivity index (χ0) is 20.1. The third kappa shape index (κ3) is 5.12. The number of carbonyl (C=O) groups excluding carboxylic acids is 2. The van der Waals surface area contributed by atoms with Gasteiger partial charge in [-0.05, 0) is 61.6 Å². The summed E-state index contributed by atoms with van der Waals surface area (Å²) in [4.78, 5) is 39.0. The highest BCUT2D eigenvalue weighted by Crippen LogP contribution is 2.23. The number of benzene rings is 1. The lowest BCUT2D eigenvalue weighted by molar-refractivity contribution is -0.145. The Bertz CT molecular complexity index is 746. The largest absolute Gasteiger partial charge is 0.480 e. The first kappa shape index (κ1) is 20.4. The molecule has 0 aromatic heterocycles. The van der Waals surface area contributed by atoms with Gasteiger partial charge in [-0.1, -0.05) is 18.2 Å². The Morgan fingerprint density at radius 3 is 2.54 bits per heavy atom. The zero-order valence-corrected chi connectivity index (χ0v) is 16.7. The summed E-state index contributed by atoms with van der Waals surface area (Å²) in [5.41, 5.74) is 3.88. The molecule has 28 heavy (non-hydrogen) atoms. The summed E-state index contributed by atoms with van der Waals surface area (Å²) in [6, 6.07) is 6.33. The maximum Gasteiger partial charge on any atom is 0.323 e. The quantitative estimate of drug-likeness (QED) is 0.843. The number of amides is 2. The molecule has 1 unspecified atom stereocenters. The Morgan fingerprint density at radius 2 is 1.82 bits per heavy atom. The normalized spacial score (nSPS) is 19.5. The predicted octanol–water partition coefficient (Wildman–Crippen LogP) is 2.42. The molecule has 1 saturated heterocycles. The highest BCUT2D eigenvalue weighted by Gasteiger charge is 2.27. The molecule has 0 bridgehead atoms. The maximum absolute atomic E-state index is 12.8. The van der Waals surface area contributed by atoms with Crippen molar-refractivity contribution in [2.75, 3.05) is 19.6 Å². The Balaban J connectivity index is 1.59. The average Bonchev–Trinajstić information content (AvgIpc) is 2.92. The molecule has 6 heteroatoms. The topological polar surface area (TPSA) is 77.9 Å². The molecule has 1 fully saturated rings. The van der Waals surface area contributed by atoms with E-state index in [1.54, 1.807) is 0 Å². The molecule has 6 nitrogen and oxygen atoms in total. The summed E-state index contributed by atoms with van der Waals surface area (Å²) in [5, 5.41) is 9.06. The monoisotopic (exact) mass is 386 g/mol. The van der Waals surface area contributed by atoms with E-state index in [2.05, 4.69) is 18.2 Å². The zero-order valence-electron chi connectivity index (χ0n) is 16.7. The fraction of sp³-hybridized carbons (Fsp3) is 0.591. The number of aryl methyl sites for hydroxylation is 2. The second kappa shape index (κ2) is 9.22. The van der Waals surface area contributed by atoms with E-state index in [0.717, 1.165) is 31.2 Å². The number of carbonyl (C=O) groups is 3. The van der Waals surface area contributed by atoms with Gasteiger partial charge in [0.2, 0.25) is 11.8 Å². The van der Waals surface area contributed by atoms with Gasteiger partial charge in [0.15, 0.2) is 0 Å². The summed E-state index contributed by atoms with van der Waals surface area (Å²) in [7, 11) is 0. The minimum Gasteiger partial charge on any atom is -0.480 e. The number of carboxylic acids is 1. The smallest absolute Gasteiger partial charge is 0.323 e. The van der Waals surface area contributed by atoms with Crippen LogP contribution in [0, 0.1) is 0 Å². The maximum atomic E-state index is 12.8. The third-order valence-electron chi connectivity index (χ3n) is 5.97. The Morgan fingerprint density at radius 1 is 1.07 bits per heavy atom. The van der Waals surface area contributed by atoms with E-state index >= 15 is 0 Å². The molecule has 2 aliphatic rings. The number of likely N-dealkylation sites (tertiary alicyclic amines) is 1. The van der Waals surface area contributed by atoms with Crippen molar-refractivity contribution in [1.29, 1.82) is 0 Å². The van der Waals surface area contributed by atoms with Crippen molar-refractivity contribution in [2.45, 2.75) is 64.3 Å². The van der Waals surface area contributed by atoms with Crippen LogP contribution in [0.1, 0.15) is 55.7 Å². The SMILES string of the molecule is CC(=O)N(CC(=O)O)C1CCCN(C(=O)Cc2ccc3c(c2)CCCC3)CC1. The molecule has 1 aromatic rings. The van der Waals surface area contributed by atoms with Crippen molar-refractivity contribution in [1.82, 2.24) is 9.80 Å². The van der Waals surface area contributed by atoms with Crippen LogP contribution in [0.15, 0.2) is 18.2 Å². The molecule has 2 amide bonds. The van der Waals surface area contributed by atoms with Gasteiger partial charge in [-0.15, -0.1) is 0 Å². The average molecular weight is 386 g/mol.